The van der Waals surface area contributed by atoms with Gasteiger partial charge in [0.05, 0.1) is 5.52 Å². The van der Waals surface area contributed by atoms with Crippen molar-refractivity contribution in [2.45, 2.75) is 6.42 Å². The number of anilines is 1. The van der Waals surface area contributed by atoms with Crippen molar-refractivity contribution in [3.63, 3.8) is 0 Å². The highest BCUT2D eigenvalue weighted by molar-refractivity contribution is 6.08. The van der Waals surface area contributed by atoms with Gasteiger partial charge < -0.3 is 16.4 Å². The summed E-state index contributed by atoms with van der Waals surface area (Å²) in [5, 5.41) is 12.7. The number of benzene rings is 2. The minimum Gasteiger partial charge on any atom is -0.364 e. The molecule has 1 aromatic heterocycles. The normalized spacial score (nSPS) is 13.2. The highest BCUT2D eigenvalue weighted by Crippen LogP contribution is 2.22. The number of carbonyl (C=O) groups excluding carboxylic acids is 3. The van der Waals surface area contributed by atoms with E-state index in [9.17, 15) is 14.4 Å². The molecule has 8 heteroatoms. The van der Waals surface area contributed by atoms with Gasteiger partial charge in [0.25, 0.3) is 17.7 Å². The van der Waals surface area contributed by atoms with Crippen LogP contribution in [0.3, 0.4) is 0 Å². The molecule has 3 amide bonds. The Bertz CT molecular complexity index is 1070. The second-order valence-electron chi connectivity index (χ2n) is 6.03. The Balaban J connectivity index is 1.62. The smallest absolute Gasteiger partial charge is 0.269 e. The maximum absolute atomic E-state index is 12.5. The lowest BCUT2D eigenvalue weighted by Gasteiger charge is -2.17. The van der Waals surface area contributed by atoms with Crippen LogP contribution in [-0.2, 0) is 6.42 Å². The Labute approximate surface area is 147 Å². The minimum atomic E-state index is -0.646. The van der Waals surface area contributed by atoms with Crippen molar-refractivity contribution in [2.75, 3.05) is 11.9 Å². The van der Waals surface area contributed by atoms with Gasteiger partial charge in [-0.2, -0.15) is 5.10 Å². The predicted octanol–water partition coefficient (Wildman–Crippen LogP) is 1.20. The van der Waals surface area contributed by atoms with Crippen LogP contribution in [0.4, 0.5) is 5.69 Å². The molecule has 8 nitrogen and oxygen atoms in total. The number of rotatable bonds is 3. The second-order valence-corrected chi connectivity index (χ2v) is 6.03. The van der Waals surface area contributed by atoms with Crippen LogP contribution >= 0.6 is 0 Å². The Hall–Kier alpha value is -3.68. The van der Waals surface area contributed by atoms with Crippen LogP contribution in [0.1, 0.15) is 36.8 Å². The third-order valence-corrected chi connectivity index (χ3v) is 4.35. The highest BCUT2D eigenvalue weighted by Gasteiger charge is 2.18. The van der Waals surface area contributed by atoms with E-state index in [0.717, 1.165) is 5.56 Å². The number of aromatic amines is 1. The molecule has 1 aliphatic rings. The first-order valence-electron chi connectivity index (χ1n) is 8.03. The van der Waals surface area contributed by atoms with Crippen molar-refractivity contribution in [2.24, 2.45) is 5.73 Å². The van der Waals surface area contributed by atoms with Gasteiger partial charge in [-0.25, -0.2) is 0 Å². The molecule has 26 heavy (non-hydrogen) atoms. The number of fused-ring (bicyclic) bond motifs is 2. The van der Waals surface area contributed by atoms with E-state index in [1.807, 2.05) is 0 Å². The molecule has 0 spiro atoms. The van der Waals surface area contributed by atoms with E-state index in [1.54, 1.807) is 36.4 Å². The van der Waals surface area contributed by atoms with Crippen molar-refractivity contribution in [1.29, 1.82) is 0 Å². The molecular formula is C18H15N5O3. The van der Waals surface area contributed by atoms with Gasteiger partial charge in [0.2, 0.25) is 0 Å². The zero-order valence-corrected chi connectivity index (χ0v) is 13.6. The van der Waals surface area contributed by atoms with Gasteiger partial charge in [-0.1, -0.05) is 0 Å². The molecule has 2 heterocycles. The Morgan fingerprint density at radius 1 is 1.15 bits per heavy atom. The summed E-state index contributed by atoms with van der Waals surface area (Å²) in [6.45, 7) is 0.559. The molecule has 130 valence electrons. The van der Waals surface area contributed by atoms with Crippen LogP contribution in [0, 0.1) is 0 Å². The zero-order valence-electron chi connectivity index (χ0n) is 13.6. The average Bonchev–Trinajstić information content (AvgIpc) is 3.05. The second kappa shape index (κ2) is 5.99. The third-order valence-electron chi connectivity index (χ3n) is 4.35. The fourth-order valence-electron chi connectivity index (χ4n) is 3.05. The van der Waals surface area contributed by atoms with Gasteiger partial charge in [-0.3, -0.25) is 19.5 Å². The van der Waals surface area contributed by atoms with E-state index in [0.29, 0.717) is 40.7 Å². The zero-order chi connectivity index (χ0) is 18.3. The molecule has 0 unspecified atom stereocenters. The largest absolute Gasteiger partial charge is 0.364 e. The van der Waals surface area contributed by atoms with Gasteiger partial charge in [0, 0.05) is 28.7 Å². The van der Waals surface area contributed by atoms with E-state index in [-0.39, 0.29) is 17.5 Å². The van der Waals surface area contributed by atoms with Gasteiger partial charge in [-0.15, -0.1) is 0 Å². The Morgan fingerprint density at radius 2 is 2.00 bits per heavy atom. The van der Waals surface area contributed by atoms with Crippen molar-refractivity contribution >= 4 is 34.3 Å². The van der Waals surface area contributed by atoms with Crippen molar-refractivity contribution in [1.82, 2.24) is 15.5 Å². The molecule has 0 saturated carbocycles. The maximum Gasteiger partial charge on any atom is 0.269 e. The molecule has 0 radical (unpaired) electrons. The van der Waals surface area contributed by atoms with Crippen LogP contribution < -0.4 is 16.4 Å². The number of nitrogens with zero attached hydrogens (tertiary/aromatic N) is 1. The quantitative estimate of drug-likeness (QED) is 0.566. The number of H-pyrrole nitrogens is 1. The van der Waals surface area contributed by atoms with E-state index in [2.05, 4.69) is 20.8 Å². The lowest BCUT2D eigenvalue weighted by atomic mass is 9.97. The maximum atomic E-state index is 12.5. The van der Waals surface area contributed by atoms with Crippen LogP contribution in [0.5, 0.6) is 0 Å². The highest BCUT2D eigenvalue weighted by atomic mass is 16.2. The lowest BCUT2D eigenvalue weighted by Crippen LogP contribution is -2.32. The van der Waals surface area contributed by atoms with Crippen molar-refractivity contribution in [3.8, 4) is 0 Å². The van der Waals surface area contributed by atoms with E-state index < -0.39 is 5.91 Å². The van der Waals surface area contributed by atoms with Crippen LogP contribution in [0.2, 0.25) is 0 Å². The van der Waals surface area contributed by atoms with Gasteiger partial charge >= 0.3 is 0 Å². The lowest BCUT2D eigenvalue weighted by molar-refractivity contribution is 0.0943. The number of hydrogen-bond acceptors (Lipinski definition) is 4. The summed E-state index contributed by atoms with van der Waals surface area (Å²) >= 11 is 0. The first kappa shape index (κ1) is 15.8. The molecule has 1 aliphatic heterocycles. The number of hydrogen-bond donors (Lipinski definition) is 4. The summed E-state index contributed by atoms with van der Waals surface area (Å²) in [7, 11) is 0. The number of amides is 3. The summed E-state index contributed by atoms with van der Waals surface area (Å²) in [6.07, 6.45) is 0.686. The standard InChI is InChI=1S/C18H15N5O3/c19-16(24)15-13-8-11(2-4-14(13)22-23-15)21-17(25)10-1-3-12-9(7-10)5-6-20-18(12)26/h1-4,7-8H,5-6H2,(H2,19,24)(H,20,26)(H,21,25)(H,22,23). The fourth-order valence-corrected chi connectivity index (χ4v) is 3.05. The monoisotopic (exact) mass is 349 g/mol. The number of nitrogens with two attached hydrogens (primary N) is 1. The molecule has 0 fully saturated rings. The van der Waals surface area contributed by atoms with Gasteiger partial charge in [0.15, 0.2) is 5.69 Å². The Kier molecular flexibility index (Phi) is 3.65. The van der Waals surface area contributed by atoms with Crippen LogP contribution in [0.15, 0.2) is 36.4 Å². The number of aromatic nitrogens is 2. The SMILES string of the molecule is NC(=O)c1n[nH]c2ccc(NC(=O)c3ccc4c(c3)CCNC4=O)cc12. The Morgan fingerprint density at radius 3 is 2.81 bits per heavy atom. The minimum absolute atomic E-state index is 0.121. The van der Waals surface area contributed by atoms with Gasteiger partial charge in [-0.05, 0) is 48.4 Å². The molecule has 0 aliphatic carbocycles. The molecule has 3 aromatic rings. The molecule has 0 saturated heterocycles. The molecule has 2 aromatic carbocycles. The van der Waals surface area contributed by atoms with Crippen molar-refractivity contribution in [3.05, 3.63) is 58.8 Å². The number of carbonyl (C=O) groups is 3. The summed E-state index contributed by atoms with van der Waals surface area (Å²) < 4.78 is 0. The first-order valence-corrected chi connectivity index (χ1v) is 8.03. The van der Waals surface area contributed by atoms with Crippen LogP contribution in [-0.4, -0.2) is 34.5 Å². The summed E-state index contributed by atoms with van der Waals surface area (Å²) in [5.74, 6) is -1.07. The van der Waals surface area contributed by atoms with E-state index in [4.69, 9.17) is 5.73 Å². The first-order chi connectivity index (χ1) is 12.5. The number of nitrogens with one attached hydrogen (secondary N) is 3. The fraction of sp³-hybridized carbons (Fsp3) is 0.111. The topological polar surface area (TPSA) is 130 Å². The average molecular weight is 349 g/mol. The molecule has 4 rings (SSSR count). The van der Waals surface area contributed by atoms with Crippen LogP contribution in [0.25, 0.3) is 10.9 Å². The van der Waals surface area contributed by atoms with Gasteiger partial charge in [0.1, 0.15) is 0 Å². The summed E-state index contributed by atoms with van der Waals surface area (Å²) in [6, 6.07) is 10.1. The molecule has 0 atom stereocenters. The van der Waals surface area contributed by atoms with E-state index in [1.165, 1.54) is 0 Å². The van der Waals surface area contributed by atoms with Crippen molar-refractivity contribution < 1.29 is 14.4 Å². The molecule has 5 N–H and O–H groups in total. The predicted molar refractivity (Wildman–Crippen MR) is 95.0 cm³/mol. The third kappa shape index (κ3) is 2.67. The molecule has 0 bridgehead atoms. The van der Waals surface area contributed by atoms with E-state index >= 15 is 0 Å². The molecular weight excluding hydrogens is 334 g/mol. The summed E-state index contributed by atoms with van der Waals surface area (Å²) in [4.78, 5) is 35.7. The number of primary amides is 1. The summed E-state index contributed by atoms with van der Waals surface area (Å²) in [5.41, 5.74) is 8.49.